The van der Waals surface area contributed by atoms with E-state index in [2.05, 4.69) is 11.9 Å². The molecule has 0 aliphatic rings. The second-order valence-electron chi connectivity index (χ2n) is 4.39. The maximum Gasteiger partial charge on any atom is 0.416 e. The molecule has 0 saturated heterocycles. The van der Waals surface area contributed by atoms with Gasteiger partial charge in [0, 0.05) is 16.6 Å². The summed E-state index contributed by atoms with van der Waals surface area (Å²) in [5.74, 6) is -0.385. The predicted octanol–water partition coefficient (Wildman–Crippen LogP) is 3.81. The van der Waals surface area contributed by atoms with Crippen molar-refractivity contribution >= 4 is 33.0 Å². The van der Waals surface area contributed by atoms with Crippen LogP contribution in [0.1, 0.15) is 21.7 Å². The summed E-state index contributed by atoms with van der Waals surface area (Å²) in [6, 6.07) is 3.29. The molecule has 3 N–H and O–H groups in total. The van der Waals surface area contributed by atoms with Gasteiger partial charge in [0.05, 0.1) is 11.3 Å². The molecule has 2 rings (SSSR count). The Labute approximate surface area is 123 Å². The highest BCUT2D eigenvalue weighted by Crippen LogP contribution is 2.38. The number of thiophene rings is 1. The highest BCUT2D eigenvalue weighted by Gasteiger charge is 2.31. The first-order chi connectivity index (χ1) is 9.84. The van der Waals surface area contributed by atoms with Crippen molar-refractivity contribution in [3.05, 3.63) is 41.3 Å². The van der Waals surface area contributed by atoms with Crippen LogP contribution in [0.25, 0.3) is 10.1 Å². The summed E-state index contributed by atoms with van der Waals surface area (Å²) in [7, 11) is 0. The molecule has 1 amide bonds. The molecule has 112 valence electrons. The van der Waals surface area contributed by atoms with Gasteiger partial charge in [-0.3, -0.25) is 4.79 Å². The lowest BCUT2D eigenvalue weighted by molar-refractivity contribution is -0.137. The first-order valence-electron chi connectivity index (χ1n) is 6.13. The maximum atomic E-state index is 12.7. The fourth-order valence-corrected chi connectivity index (χ4v) is 2.85. The quantitative estimate of drug-likeness (QED) is 0.666. The molecule has 1 heterocycles. The van der Waals surface area contributed by atoms with E-state index < -0.39 is 11.7 Å². The lowest BCUT2D eigenvalue weighted by atomic mass is 10.1. The van der Waals surface area contributed by atoms with E-state index in [1.807, 2.05) is 0 Å². The van der Waals surface area contributed by atoms with E-state index >= 15 is 0 Å². The number of benzene rings is 1. The molecule has 0 aliphatic heterocycles. The lowest BCUT2D eigenvalue weighted by Crippen LogP contribution is -2.23. The fraction of sp³-hybridized carbons (Fsp3) is 0.214. The molecule has 0 fully saturated rings. The Bertz CT molecular complexity index is 691. The van der Waals surface area contributed by atoms with Gasteiger partial charge in [0.2, 0.25) is 0 Å². The molecule has 1 aromatic heterocycles. The van der Waals surface area contributed by atoms with Gasteiger partial charge in [-0.25, -0.2) is 0 Å². The molecule has 0 bridgehead atoms. The van der Waals surface area contributed by atoms with Crippen LogP contribution in [0.15, 0.2) is 30.9 Å². The van der Waals surface area contributed by atoms with Crippen molar-refractivity contribution in [3.8, 4) is 0 Å². The highest BCUT2D eigenvalue weighted by atomic mass is 32.1. The molecule has 0 saturated carbocycles. The maximum absolute atomic E-state index is 12.7. The average Bonchev–Trinajstić information content (AvgIpc) is 2.75. The van der Waals surface area contributed by atoms with Crippen LogP contribution < -0.4 is 11.1 Å². The largest absolute Gasteiger partial charge is 0.416 e. The van der Waals surface area contributed by atoms with Crippen LogP contribution in [0.3, 0.4) is 0 Å². The number of nitrogens with two attached hydrogens (primary N) is 1. The molecule has 2 aromatic rings. The number of nitrogens with one attached hydrogen (secondary N) is 1. The van der Waals surface area contributed by atoms with E-state index in [0.29, 0.717) is 17.7 Å². The molecule has 0 atom stereocenters. The van der Waals surface area contributed by atoms with Gasteiger partial charge < -0.3 is 11.1 Å². The lowest BCUT2D eigenvalue weighted by Gasteiger charge is -2.06. The Hall–Kier alpha value is -2.02. The second-order valence-corrected chi connectivity index (χ2v) is 5.44. The Morgan fingerprint density at radius 2 is 2.14 bits per heavy atom. The number of carbonyl (C=O) groups excluding carboxylic acids is 1. The van der Waals surface area contributed by atoms with Crippen LogP contribution in [0, 0.1) is 0 Å². The smallest absolute Gasteiger partial charge is 0.397 e. The van der Waals surface area contributed by atoms with Gasteiger partial charge in [0.25, 0.3) is 5.91 Å². The van der Waals surface area contributed by atoms with Crippen molar-refractivity contribution in [3.63, 3.8) is 0 Å². The normalized spacial score (nSPS) is 11.6. The molecule has 1 aromatic carbocycles. The minimum absolute atomic E-state index is 0.0807. The van der Waals surface area contributed by atoms with E-state index in [9.17, 15) is 18.0 Å². The standard InChI is InChI=1S/C14H13F3N2OS/c1-2-3-6-19-13(20)12-11(18)9-7-8(14(15,16)17)4-5-10(9)21-12/h2,4-5,7H,1,3,6,18H2,(H,19,20). The van der Waals surface area contributed by atoms with Crippen molar-refractivity contribution < 1.29 is 18.0 Å². The zero-order valence-electron chi connectivity index (χ0n) is 11.0. The van der Waals surface area contributed by atoms with Gasteiger partial charge in [-0.1, -0.05) is 6.08 Å². The first kappa shape index (κ1) is 15.4. The Kier molecular flexibility index (Phi) is 4.22. The Morgan fingerprint density at radius 3 is 2.76 bits per heavy atom. The predicted molar refractivity (Wildman–Crippen MR) is 78.4 cm³/mol. The zero-order valence-corrected chi connectivity index (χ0v) is 11.8. The Morgan fingerprint density at radius 1 is 1.43 bits per heavy atom. The molecule has 0 radical (unpaired) electrons. The molecule has 0 aliphatic carbocycles. The molecular formula is C14H13F3N2OS. The van der Waals surface area contributed by atoms with Gasteiger partial charge in [-0.15, -0.1) is 17.9 Å². The third-order valence-electron chi connectivity index (χ3n) is 2.89. The van der Waals surface area contributed by atoms with E-state index in [4.69, 9.17) is 5.73 Å². The van der Waals surface area contributed by atoms with E-state index in [0.717, 1.165) is 23.5 Å². The molecule has 7 heteroatoms. The molecule has 3 nitrogen and oxygen atoms in total. The van der Waals surface area contributed by atoms with Crippen molar-refractivity contribution in [1.82, 2.24) is 5.32 Å². The van der Waals surface area contributed by atoms with Crippen LogP contribution in [0.2, 0.25) is 0 Å². The van der Waals surface area contributed by atoms with Crippen LogP contribution in [0.4, 0.5) is 18.9 Å². The minimum Gasteiger partial charge on any atom is -0.397 e. The summed E-state index contributed by atoms with van der Waals surface area (Å²) in [6.07, 6.45) is -2.17. The number of carbonyl (C=O) groups is 1. The average molecular weight is 314 g/mol. The number of nitrogen functional groups attached to an aromatic ring is 1. The number of amides is 1. The molecule has 0 unspecified atom stereocenters. The van der Waals surface area contributed by atoms with Crippen LogP contribution >= 0.6 is 11.3 Å². The fourth-order valence-electron chi connectivity index (χ4n) is 1.83. The third kappa shape index (κ3) is 3.18. The number of fused-ring (bicyclic) bond motifs is 1. The van der Waals surface area contributed by atoms with E-state index in [1.54, 1.807) is 6.08 Å². The number of anilines is 1. The van der Waals surface area contributed by atoms with E-state index in [-0.39, 0.29) is 21.9 Å². The van der Waals surface area contributed by atoms with Gasteiger partial charge in [0.1, 0.15) is 4.88 Å². The monoisotopic (exact) mass is 314 g/mol. The van der Waals surface area contributed by atoms with Gasteiger partial charge in [-0.2, -0.15) is 13.2 Å². The van der Waals surface area contributed by atoms with Crippen molar-refractivity contribution in [2.24, 2.45) is 0 Å². The summed E-state index contributed by atoms with van der Waals surface area (Å²) in [5, 5.41) is 2.90. The van der Waals surface area contributed by atoms with Gasteiger partial charge in [-0.05, 0) is 24.6 Å². The SMILES string of the molecule is C=CCCNC(=O)c1sc2ccc(C(F)(F)F)cc2c1N. The summed E-state index contributed by atoms with van der Waals surface area (Å²) >= 11 is 1.08. The zero-order chi connectivity index (χ0) is 15.6. The molecule has 0 spiro atoms. The first-order valence-corrected chi connectivity index (χ1v) is 6.94. The Balaban J connectivity index is 2.37. The summed E-state index contributed by atoms with van der Waals surface area (Å²) in [5.41, 5.74) is 5.12. The topological polar surface area (TPSA) is 55.1 Å². The van der Waals surface area contributed by atoms with Gasteiger partial charge >= 0.3 is 6.18 Å². The van der Waals surface area contributed by atoms with Gasteiger partial charge in [0.15, 0.2) is 0 Å². The summed E-state index contributed by atoms with van der Waals surface area (Å²) in [6.45, 7) is 3.94. The van der Waals surface area contributed by atoms with Crippen LogP contribution in [-0.2, 0) is 6.18 Å². The second kappa shape index (κ2) is 5.77. The van der Waals surface area contributed by atoms with Crippen molar-refractivity contribution in [1.29, 1.82) is 0 Å². The number of hydrogen-bond donors (Lipinski definition) is 2. The highest BCUT2D eigenvalue weighted by molar-refractivity contribution is 7.21. The van der Waals surface area contributed by atoms with Crippen molar-refractivity contribution in [2.45, 2.75) is 12.6 Å². The van der Waals surface area contributed by atoms with Crippen LogP contribution in [-0.4, -0.2) is 12.5 Å². The molecule has 21 heavy (non-hydrogen) atoms. The van der Waals surface area contributed by atoms with Crippen LogP contribution in [0.5, 0.6) is 0 Å². The third-order valence-corrected chi connectivity index (χ3v) is 4.08. The van der Waals surface area contributed by atoms with E-state index in [1.165, 1.54) is 6.07 Å². The number of alkyl halides is 3. The van der Waals surface area contributed by atoms with Crippen molar-refractivity contribution in [2.75, 3.05) is 12.3 Å². The number of rotatable bonds is 4. The number of halogens is 3. The summed E-state index contributed by atoms with van der Waals surface area (Å²) in [4.78, 5) is 12.2. The number of hydrogen-bond acceptors (Lipinski definition) is 3. The molecular weight excluding hydrogens is 301 g/mol. The minimum atomic E-state index is -4.44. The summed E-state index contributed by atoms with van der Waals surface area (Å²) < 4.78 is 38.6.